The number of hydrogen-bond acceptors (Lipinski definition) is 5. The fourth-order valence-corrected chi connectivity index (χ4v) is 3.41. The summed E-state index contributed by atoms with van der Waals surface area (Å²) in [7, 11) is 1.70. The van der Waals surface area contributed by atoms with Gasteiger partial charge in [0.1, 0.15) is 16.1 Å². The van der Waals surface area contributed by atoms with E-state index in [9.17, 15) is 4.79 Å². The molecule has 0 saturated carbocycles. The minimum Gasteiger partial charge on any atom is -0.444 e. The Kier molecular flexibility index (Phi) is 6.20. The van der Waals surface area contributed by atoms with Crippen LogP contribution in [0.3, 0.4) is 0 Å². The van der Waals surface area contributed by atoms with E-state index >= 15 is 0 Å². The van der Waals surface area contributed by atoms with Gasteiger partial charge >= 0.3 is 6.09 Å². The molecule has 0 aromatic carbocycles. The van der Waals surface area contributed by atoms with Gasteiger partial charge in [0.25, 0.3) is 0 Å². The number of piperidine rings is 1. The Morgan fingerprint density at radius 1 is 1.38 bits per heavy atom. The van der Waals surface area contributed by atoms with Gasteiger partial charge < -0.3 is 14.4 Å². The molecule has 0 radical (unpaired) electrons. The molecular formula is C17H29N3O3S. The highest BCUT2D eigenvalue weighted by molar-refractivity contribution is 7.99. The minimum atomic E-state index is -0.447. The number of ether oxygens (including phenoxy) is 2. The third-order valence-corrected chi connectivity index (χ3v) is 5.12. The zero-order valence-corrected chi connectivity index (χ0v) is 16.4. The van der Waals surface area contributed by atoms with Crippen molar-refractivity contribution in [2.24, 2.45) is 0 Å². The summed E-state index contributed by atoms with van der Waals surface area (Å²) in [5, 5.41) is 5.73. The number of methoxy groups -OCH3 is 1. The first-order chi connectivity index (χ1) is 11.2. The van der Waals surface area contributed by atoms with Crippen LogP contribution < -0.4 is 0 Å². The van der Waals surface area contributed by atoms with Crippen molar-refractivity contribution in [1.82, 2.24) is 14.7 Å². The highest BCUT2D eigenvalue weighted by Crippen LogP contribution is 2.29. The van der Waals surface area contributed by atoms with Gasteiger partial charge in [0, 0.05) is 32.0 Å². The highest BCUT2D eigenvalue weighted by atomic mass is 32.2. The maximum Gasteiger partial charge on any atom is 0.410 e. The molecule has 1 atom stereocenters. The molecule has 0 spiro atoms. The first kappa shape index (κ1) is 19.1. The van der Waals surface area contributed by atoms with E-state index in [1.807, 2.05) is 32.4 Å². The monoisotopic (exact) mass is 355 g/mol. The molecule has 1 saturated heterocycles. The quantitative estimate of drug-likeness (QED) is 0.606. The molecule has 7 heteroatoms. The van der Waals surface area contributed by atoms with Crippen molar-refractivity contribution in [2.75, 3.05) is 20.2 Å². The fourth-order valence-electron chi connectivity index (χ4n) is 2.61. The number of carbonyl (C=O) groups is 1. The molecule has 1 aliphatic heterocycles. The van der Waals surface area contributed by atoms with Gasteiger partial charge in [-0.15, -0.1) is 0 Å². The Labute approximate surface area is 148 Å². The zero-order chi connectivity index (χ0) is 17.9. The van der Waals surface area contributed by atoms with Gasteiger partial charge in [-0.3, -0.25) is 4.68 Å². The maximum absolute atomic E-state index is 12.1. The Bertz CT molecular complexity index is 560. The second-order valence-electron chi connectivity index (χ2n) is 7.22. The van der Waals surface area contributed by atoms with Crippen LogP contribution in [-0.2, 0) is 9.47 Å². The minimum absolute atomic E-state index is 0.0843. The average Bonchev–Trinajstić information content (AvgIpc) is 2.86. The topological polar surface area (TPSA) is 56.6 Å². The predicted octanol–water partition coefficient (Wildman–Crippen LogP) is 3.85. The summed E-state index contributed by atoms with van der Waals surface area (Å²) in [5.74, 6) is 0. The van der Waals surface area contributed by atoms with Crippen LogP contribution >= 0.6 is 11.8 Å². The predicted molar refractivity (Wildman–Crippen MR) is 95.4 cm³/mol. The summed E-state index contributed by atoms with van der Waals surface area (Å²) in [6.45, 7) is 11.2. The smallest absolute Gasteiger partial charge is 0.410 e. The number of nitrogens with zero attached hydrogens (tertiary/aromatic N) is 3. The number of amides is 1. The molecule has 1 amide bonds. The van der Waals surface area contributed by atoms with Gasteiger partial charge in [-0.05, 0) is 47.5 Å². The molecule has 0 aliphatic carbocycles. The van der Waals surface area contributed by atoms with E-state index in [1.54, 1.807) is 23.8 Å². The summed E-state index contributed by atoms with van der Waals surface area (Å²) in [5.41, 5.74) is 0.802. The molecule has 1 unspecified atom stereocenters. The second kappa shape index (κ2) is 7.78. The van der Waals surface area contributed by atoms with Gasteiger partial charge in [-0.2, -0.15) is 5.10 Å². The van der Waals surface area contributed by atoms with Crippen molar-refractivity contribution in [2.45, 2.75) is 69.6 Å². The summed E-state index contributed by atoms with van der Waals surface area (Å²) < 4.78 is 12.8. The van der Waals surface area contributed by atoms with E-state index in [4.69, 9.17) is 14.6 Å². The van der Waals surface area contributed by atoms with Gasteiger partial charge in [-0.1, -0.05) is 11.8 Å². The van der Waals surface area contributed by atoms with Gasteiger partial charge in [-0.25, -0.2) is 4.79 Å². The summed E-state index contributed by atoms with van der Waals surface area (Å²) >= 11 is 1.63. The Morgan fingerprint density at radius 3 is 2.54 bits per heavy atom. The van der Waals surface area contributed by atoms with Crippen molar-refractivity contribution >= 4 is 17.9 Å². The van der Waals surface area contributed by atoms with Gasteiger partial charge in [0.15, 0.2) is 0 Å². The van der Waals surface area contributed by atoms with E-state index in [-0.39, 0.29) is 11.5 Å². The van der Waals surface area contributed by atoms with E-state index in [0.29, 0.717) is 19.1 Å². The van der Waals surface area contributed by atoms with E-state index < -0.39 is 5.60 Å². The second-order valence-corrected chi connectivity index (χ2v) is 8.50. The molecule has 2 rings (SSSR count). The summed E-state index contributed by atoms with van der Waals surface area (Å²) in [4.78, 5) is 13.9. The van der Waals surface area contributed by atoms with Crippen LogP contribution in [0.5, 0.6) is 0 Å². The largest absolute Gasteiger partial charge is 0.444 e. The number of likely N-dealkylation sites (tertiary alicyclic amines) is 1. The normalized spacial score (nSPS) is 17.8. The molecule has 2 heterocycles. The Morgan fingerprint density at radius 2 is 2.00 bits per heavy atom. The third-order valence-electron chi connectivity index (χ3n) is 3.97. The molecule has 0 bridgehead atoms. The van der Waals surface area contributed by atoms with E-state index in [2.05, 4.69) is 13.1 Å². The van der Waals surface area contributed by atoms with Gasteiger partial charge in [0.2, 0.25) is 0 Å². The number of aromatic nitrogens is 2. The molecule has 1 aromatic rings. The van der Waals surface area contributed by atoms with Crippen molar-refractivity contribution in [3.63, 3.8) is 0 Å². The molecule has 1 fully saturated rings. The standard InChI is InChI=1S/C17H29N3O3S/c1-12-11-20(18-15(12)24-13(2)22-6)14-7-9-19(10-8-14)16(21)23-17(3,4)5/h11,13-14H,7-10H2,1-6H3. The van der Waals surface area contributed by atoms with Crippen LogP contribution in [0.4, 0.5) is 4.79 Å². The molecule has 6 nitrogen and oxygen atoms in total. The Balaban J connectivity index is 1.93. The fraction of sp³-hybridized carbons (Fsp3) is 0.765. The van der Waals surface area contributed by atoms with Crippen LogP contribution in [0, 0.1) is 6.92 Å². The lowest BCUT2D eigenvalue weighted by atomic mass is 10.1. The maximum atomic E-state index is 12.1. The molecule has 1 aliphatic rings. The number of aryl methyl sites for hydroxylation is 1. The van der Waals surface area contributed by atoms with E-state index in [1.165, 1.54) is 5.56 Å². The molecule has 1 aromatic heterocycles. The molecule has 0 N–H and O–H groups in total. The number of rotatable bonds is 4. The van der Waals surface area contributed by atoms with Crippen LogP contribution in [0.2, 0.25) is 0 Å². The third kappa shape index (κ3) is 5.14. The van der Waals surface area contributed by atoms with Crippen LogP contribution in [0.1, 0.15) is 52.1 Å². The van der Waals surface area contributed by atoms with Gasteiger partial charge in [0.05, 0.1) is 6.04 Å². The highest BCUT2D eigenvalue weighted by Gasteiger charge is 2.28. The SMILES string of the molecule is COC(C)Sc1nn(C2CCN(C(=O)OC(C)(C)C)CC2)cc1C. The van der Waals surface area contributed by atoms with Crippen molar-refractivity contribution in [3.8, 4) is 0 Å². The van der Waals surface area contributed by atoms with Crippen LogP contribution in [-0.4, -0.2) is 52.0 Å². The molecule has 24 heavy (non-hydrogen) atoms. The summed E-state index contributed by atoms with van der Waals surface area (Å²) in [6.07, 6.45) is 3.66. The number of thioether (sulfide) groups is 1. The number of hydrogen-bond donors (Lipinski definition) is 0. The van der Waals surface area contributed by atoms with Crippen LogP contribution in [0.15, 0.2) is 11.2 Å². The van der Waals surface area contributed by atoms with E-state index in [0.717, 1.165) is 17.9 Å². The zero-order valence-electron chi connectivity index (χ0n) is 15.5. The molecule has 136 valence electrons. The lowest BCUT2D eigenvalue weighted by Crippen LogP contribution is -2.42. The Hall–Kier alpha value is -1.21. The molecular weight excluding hydrogens is 326 g/mol. The first-order valence-corrected chi connectivity index (χ1v) is 9.30. The number of carbonyl (C=O) groups excluding carboxylic acids is 1. The van der Waals surface area contributed by atoms with Crippen LogP contribution in [0.25, 0.3) is 0 Å². The van der Waals surface area contributed by atoms with Crippen molar-refractivity contribution < 1.29 is 14.3 Å². The lowest BCUT2D eigenvalue weighted by Gasteiger charge is -2.33. The average molecular weight is 356 g/mol. The first-order valence-electron chi connectivity index (χ1n) is 8.42. The van der Waals surface area contributed by atoms with Crippen molar-refractivity contribution in [3.05, 3.63) is 11.8 Å². The summed E-state index contributed by atoms with van der Waals surface area (Å²) in [6, 6.07) is 0.328. The van der Waals surface area contributed by atoms with Crippen molar-refractivity contribution in [1.29, 1.82) is 0 Å². The lowest BCUT2D eigenvalue weighted by molar-refractivity contribution is 0.0184.